The molecule has 2 aromatic rings. The molecule has 106 valence electrons. The van der Waals surface area contributed by atoms with Crippen LogP contribution in [0.1, 0.15) is 29.7 Å². The maximum atomic E-state index is 13.8. The molecule has 0 saturated carbocycles. The fourth-order valence-electron chi connectivity index (χ4n) is 1.87. The normalized spacial score (nSPS) is 12.2. The van der Waals surface area contributed by atoms with Crippen molar-refractivity contribution in [3.8, 4) is 5.75 Å². The Labute approximate surface area is 117 Å². The predicted molar refractivity (Wildman–Crippen MR) is 74.5 cm³/mol. The van der Waals surface area contributed by atoms with Crippen LogP contribution in [0.3, 0.4) is 0 Å². The van der Waals surface area contributed by atoms with E-state index in [9.17, 15) is 8.78 Å². The summed E-state index contributed by atoms with van der Waals surface area (Å²) in [4.78, 5) is 0. The molecule has 2 N–H and O–H groups in total. The van der Waals surface area contributed by atoms with Crippen LogP contribution in [0, 0.1) is 18.6 Å². The molecule has 1 atom stereocenters. The van der Waals surface area contributed by atoms with Crippen molar-refractivity contribution in [1.29, 1.82) is 0 Å². The molecule has 2 aromatic carbocycles. The first-order chi connectivity index (χ1) is 9.47. The van der Waals surface area contributed by atoms with Crippen LogP contribution in [0.25, 0.3) is 0 Å². The van der Waals surface area contributed by atoms with E-state index in [1.807, 2.05) is 6.92 Å². The van der Waals surface area contributed by atoms with Crippen molar-refractivity contribution in [3.05, 3.63) is 64.7 Å². The zero-order valence-corrected chi connectivity index (χ0v) is 11.5. The first kappa shape index (κ1) is 14.5. The Balaban J connectivity index is 2.13. The van der Waals surface area contributed by atoms with E-state index in [4.69, 9.17) is 10.5 Å². The highest BCUT2D eigenvalue weighted by Crippen LogP contribution is 2.22. The number of hydrogen-bond donors (Lipinski definition) is 1. The van der Waals surface area contributed by atoms with Crippen molar-refractivity contribution < 1.29 is 13.5 Å². The van der Waals surface area contributed by atoms with Crippen LogP contribution in [-0.2, 0) is 6.61 Å². The zero-order valence-electron chi connectivity index (χ0n) is 11.5. The van der Waals surface area contributed by atoms with E-state index in [1.54, 1.807) is 25.1 Å². The standard InChI is InChI=1S/C16H17F2NO/c1-10-3-5-14(17)7-13(10)9-20-16-6-4-12(11(2)19)8-15(16)18/h3-8,11H,9,19H2,1-2H3/t11-/m1/s1. The molecule has 0 aliphatic heterocycles. The van der Waals surface area contributed by atoms with Gasteiger partial charge in [-0.2, -0.15) is 0 Å². The third kappa shape index (κ3) is 3.33. The van der Waals surface area contributed by atoms with Gasteiger partial charge >= 0.3 is 0 Å². The van der Waals surface area contributed by atoms with Crippen LogP contribution in [0.4, 0.5) is 8.78 Å². The molecule has 0 aromatic heterocycles. The maximum absolute atomic E-state index is 13.8. The second-order valence-electron chi connectivity index (χ2n) is 4.84. The van der Waals surface area contributed by atoms with Gasteiger partial charge in [-0.15, -0.1) is 0 Å². The van der Waals surface area contributed by atoms with Crippen molar-refractivity contribution in [2.24, 2.45) is 5.73 Å². The van der Waals surface area contributed by atoms with Crippen LogP contribution >= 0.6 is 0 Å². The summed E-state index contributed by atoms with van der Waals surface area (Å²) < 4.78 is 32.4. The minimum atomic E-state index is -0.464. The highest BCUT2D eigenvalue weighted by Gasteiger charge is 2.08. The summed E-state index contributed by atoms with van der Waals surface area (Å²) in [6.45, 7) is 3.76. The molecule has 0 aliphatic carbocycles. The number of aryl methyl sites for hydroxylation is 1. The van der Waals surface area contributed by atoms with Crippen LogP contribution in [0.5, 0.6) is 5.75 Å². The summed E-state index contributed by atoms with van der Waals surface area (Å²) in [5, 5.41) is 0. The Morgan fingerprint density at radius 3 is 2.55 bits per heavy atom. The van der Waals surface area contributed by atoms with Crippen LogP contribution in [0.2, 0.25) is 0 Å². The smallest absolute Gasteiger partial charge is 0.165 e. The van der Waals surface area contributed by atoms with Crippen molar-refractivity contribution >= 4 is 0 Å². The highest BCUT2D eigenvalue weighted by atomic mass is 19.1. The van der Waals surface area contributed by atoms with E-state index in [0.717, 1.165) is 5.56 Å². The Morgan fingerprint density at radius 1 is 1.15 bits per heavy atom. The third-order valence-electron chi connectivity index (χ3n) is 3.18. The van der Waals surface area contributed by atoms with E-state index in [-0.39, 0.29) is 24.2 Å². The van der Waals surface area contributed by atoms with Gasteiger partial charge in [0.2, 0.25) is 0 Å². The Morgan fingerprint density at radius 2 is 1.90 bits per heavy atom. The van der Waals surface area contributed by atoms with Gasteiger partial charge in [-0.1, -0.05) is 12.1 Å². The van der Waals surface area contributed by atoms with Crippen LogP contribution in [-0.4, -0.2) is 0 Å². The summed E-state index contributed by atoms with van der Waals surface area (Å²) in [6, 6.07) is 8.84. The van der Waals surface area contributed by atoms with Gasteiger partial charge < -0.3 is 10.5 Å². The van der Waals surface area contributed by atoms with Crippen molar-refractivity contribution in [2.45, 2.75) is 26.5 Å². The lowest BCUT2D eigenvalue weighted by Gasteiger charge is -2.11. The van der Waals surface area contributed by atoms with Crippen molar-refractivity contribution in [1.82, 2.24) is 0 Å². The average Bonchev–Trinajstić information content (AvgIpc) is 2.40. The van der Waals surface area contributed by atoms with Gasteiger partial charge in [-0.3, -0.25) is 0 Å². The largest absolute Gasteiger partial charge is 0.486 e. The SMILES string of the molecule is Cc1ccc(F)cc1COc1ccc([C@@H](C)N)cc1F. The molecule has 0 spiro atoms. The summed E-state index contributed by atoms with van der Waals surface area (Å²) >= 11 is 0. The molecule has 2 rings (SSSR count). The van der Waals surface area contributed by atoms with Gasteiger partial charge in [-0.25, -0.2) is 8.78 Å². The molecule has 20 heavy (non-hydrogen) atoms. The van der Waals surface area contributed by atoms with Gasteiger partial charge in [0.05, 0.1) is 0 Å². The topological polar surface area (TPSA) is 35.2 Å². The van der Waals surface area contributed by atoms with Crippen LogP contribution < -0.4 is 10.5 Å². The first-order valence-corrected chi connectivity index (χ1v) is 6.40. The Kier molecular flexibility index (Phi) is 4.35. The van der Waals surface area contributed by atoms with Crippen molar-refractivity contribution in [2.75, 3.05) is 0 Å². The fourth-order valence-corrected chi connectivity index (χ4v) is 1.87. The zero-order chi connectivity index (χ0) is 14.7. The van der Waals surface area contributed by atoms with Gasteiger partial charge in [-0.05, 0) is 54.8 Å². The molecular formula is C16H17F2NO. The van der Waals surface area contributed by atoms with E-state index >= 15 is 0 Å². The van der Waals surface area contributed by atoms with Crippen molar-refractivity contribution in [3.63, 3.8) is 0 Å². The molecule has 4 heteroatoms. The number of ether oxygens (including phenoxy) is 1. The monoisotopic (exact) mass is 277 g/mol. The lowest BCUT2D eigenvalue weighted by atomic mass is 10.1. The molecular weight excluding hydrogens is 260 g/mol. The molecule has 0 heterocycles. The van der Waals surface area contributed by atoms with Crippen LogP contribution in [0.15, 0.2) is 36.4 Å². The summed E-state index contributed by atoms with van der Waals surface area (Å²) in [6.07, 6.45) is 0. The molecule has 0 unspecified atom stereocenters. The minimum Gasteiger partial charge on any atom is -0.486 e. The number of benzene rings is 2. The second-order valence-corrected chi connectivity index (χ2v) is 4.84. The lowest BCUT2D eigenvalue weighted by molar-refractivity contribution is 0.289. The lowest BCUT2D eigenvalue weighted by Crippen LogP contribution is -2.06. The van der Waals surface area contributed by atoms with E-state index in [0.29, 0.717) is 11.1 Å². The number of nitrogens with two attached hydrogens (primary N) is 1. The van der Waals surface area contributed by atoms with Gasteiger partial charge in [0.25, 0.3) is 0 Å². The molecule has 0 bridgehead atoms. The first-order valence-electron chi connectivity index (χ1n) is 6.40. The van der Waals surface area contributed by atoms with E-state index in [2.05, 4.69) is 0 Å². The maximum Gasteiger partial charge on any atom is 0.165 e. The van der Waals surface area contributed by atoms with Gasteiger partial charge in [0, 0.05) is 6.04 Å². The van der Waals surface area contributed by atoms with Gasteiger partial charge in [0.1, 0.15) is 12.4 Å². The highest BCUT2D eigenvalue weighted by molar-refractivity contribution is 5.32. The Hall–Kier alpha value is -1.94. The predicted octanol–water partition coefficient (Wildman–Crippen LogP) is 3.87. The van der Waals surface area contributed by atoms with E-state index in [1.165, 1.54) is 18.2 Å². The number of hydrogen-bond acceptors (Lipinski definition) is 2. The summed E-state index contributed by atoms with van der Waals surface area (Å²) in [5.74, 6) is -0.658. The molecule has 2 nitrogen and oxygen atoms in total. The summed E-state index contributed by atoms with van der Waals surface area (Å²) in [5.41, 5.74) is 7.99. The van der Waals surface area contributed by atoms with Gasteiger partial charge in [0.15, 0.2) is 11.6 Å². The molecule has 0 aliphatic rings. The summed E-state index contributed by atoms with van der Waals surface area (Å²) in [7, 11) is 0. The minimum absolute atomic E-state index is 0.123. The number of rotatable bonds is 4. The Bertz CT molecular complexity index is 611. The third-order valence-corrected chi connectivity index (χ3v) is 3.18. The molecule has 0 radical (unpaired) electrons. The quantitative estimate of drug-likeness (QED) is 0.920. The average molecular weight is 277 g/mol. The number of halogens is 2. The molecule has 0 amide bonds. The van der Waals surface area contributed by atoms with E-state index < -0.39 is 5.82 Å². The second kappa shape index (κ2) is 6.01. The molecule has 0 saturated heterocycles. The molecule has 0 fully saturated rings. The fraction of sp³-hybridized carbons (Fsp3) is 0.250.